The van der Waals surface area contributed by atoms with Crippen LogP contribution in [0.15, 0.2) is 120 Å². The van der Waals surface area contributed by atoms with Crippen molar-refractivity contribution in [2.75, 3.05) is 54.8 Å². The first kappa shape index (κ1) is 56.2. The highest BCUT2D eigenvalue weighted by Gasteiger charge is 2.40. The van der Waals surface area contributed by atoms with Crippen LogP contribution in [0.2, 0.25) is 5.02 Å². The molecule has 0 bridgehead atoms. The molecule has 24 heteroatoms. The van der Waals surface area contributed by atoms with Crippen molar-refractivity contribution in [1.29, 1.82) is 0 Å². The summed E-state index contributed by atoms with van der Waals surface area (Å²) >= 11 is 6.26. The van der Waals surface area contributed by atoms with E-state index < -0.39 is 43.4 Å². The minimum absolute atomic E-state index is 0.0214. The Morgan fingerprint density at radius 1 is 0.940 bits per heavy atom. The van der Waals surface area contributed by atoms with E-state index in [1.165, 1.54) is 46.0 Å². The molecule has 1 unspecified atom stereocenters. The number of nitrogens with zero attached hydrogens (tertiary/aromatic N) is 8. The summed E-state index contributed by atoms with van der Waals surface area (Å²) < 4.78 is 38.0. The molecule has 0 radical (unpaired) electrons. The molecule has 11 rings (SSSR count). The van der Waals surface area contributed by atoms with Crippen LogP contribution in [-0.2, 0) is 39.2 Å². The van der Waals surface area contributed by atoms with E-state index in [4.69, 9.17) is 16.3 Å². The van der Waals surface area contributed by atoms with Gasteiger partial charge in [-0.1, -0.05) is 54.4 Å². The number of unbranched alkanes of at least 4 members (excludes halogenated alkanes) is 1. The van der Waals surface area contributed by atoms with Crippen molar-refractivity contribution >= 4 is 84.6 Å². The lowest BCUT2D eigenvalue weighted by Crippen LogP contribution is -2.52. The van der Waals surface area contributed by atoms with E-state index in [9.17, 15) is 37.7 Å². The van der Waals surface area contributed by atoms with Gasteiger partial charge in [-0.25, -0.2) is 18.1 Å². The van der Waals surface area contributed by atoms with Crippen LogP contribution in [0.25, 0.3) is 16.6 Å². The van der Waals surface area contributed by atoms with E-state index in [1.807, 2.05) is 24.3 Å². The average Bonchev–Trinajstić information content (AvgIpc) is 4.44. The minimum atomic E-state index is -4.68. The van der Waals surface area contributed by atoms with Crippen LogP contribution in [0.5, 0.6) is 11.5 Å². The number of rotatable bonds is 20. The van der Waals surface area contributed by atoms with E-state index in [0.29, 0.717) is 60.3 Å². The zero-order valence-corrected chi connectivity index (χ0v) is 47.4. The number of piperidine rings is 1. The molecular formula is C59H62ClN13O9S. The number of anilines is 3. The summed E-state index contributed by atoms with van der Waals surface area (Å²) in [7, 11) is -4.68. The fourth-order valence-corrected chi connectivity index (χ4v) is 12.4. The number of nitrogens with one attached hydrogen (secondary N) is 5. The molecule has 3 aliphatic heterocycles. The van der Waals surface area contributed by atoms with Crippen LogP contribution in [0.4, 0.5) is 22.7 Å². The number of aromatic nitrogens is 5. The number of carbonyl (C=O) groups is 4. The predicted octanol–water partition coefficient (Wildman–Crippen LogP) is 8.68. The van der Waals surface area contributed by atoms with Crippen LogP contribution < -0.4 is 30.3 Å². The normalized spacial score (nSPS) is 17.4. The minimum Gasteiger partial charge on any atom is -0.455 e. The number of pyridine rings is 1. The van der Waals surface area contributed by atoms with Crippen LogP contribution in [-0.4, -0.2) is 117 Å². The second kappa shape index (κ2) is 23.7. The van der Waals surface area contributed by atoms with Gasteiger partial charge in [0, 0.05) is 110 Å². The fourth-order valence-electron chi connectivity index (χ4n) is 11.3. The molecule has 5 N–H and O–H groups in total. The molecule has 22 nitrogen and oxygen atoms in total. The van der Waals surface area contributed by atoms with Crippen molar-refractivity contribution in [3.05, 3.63) is 158 Å². The van der Waals surface area contributed by atoms with E-state index in [2.05, 4.69) is 76.7 Å². The number of nitro groups is 1. The number of aromatic amines is 1. The number of aryl methyl sites for hydroxylation is 1. The average molecular weight is 1160 g/mol. The standard InChI is InChI=1S/C59H62ClN13O9S/c1-59(2)20-18-39(47(31-59)37-8-10-40(60)11-9-37)34-69-24-26-70(27-25-69)42-12-14-46(53(29-42)82-43-28-38-19-22-62-55(38)64-33-43)56(75)67-83(80,81)44-13-15-50(52(30-44)73(78)79)63-32-41-35-71(68-66-41)23-4-3-21-61-49-7-5-6-45-48(49)36-72(58(45)77)51-16-17-54(74)65-57(51)76/h5-15,19,22,28-30,33,35,51,61,63H,3-4,16-18,20-21,23-27,31-32,34,36H2,1-2H3,(H,62,64)(H,67,75)(H,65,74,76). The van der Waals surface area contributed by atoms with Gasteiger partial charge in [-0.2, -0.15) is 0 Å². The number of ether oxygens (including phenoxy) is 1. The molecule has 3 aromatic heterocycles. The van der Waals surface area contributed by atoms with E-state index in [-0.39, 0.29) is 60.2 Å². The molecule has 1 aliphatic carbocycles. The Morgan fingerprint density at radius 2 is 1.76 bits per heavy atom. The highest BCUT2D eigenvalue weighted by Crippen LogP contribution is 2.44. The Balaban J connectivity index is 0.708. The Bertz CT molecular complexity index is 3820. The van der Waals surface area contributed by atoms with Crippen LogP contribution >= 0.6 is 11.6 Å². The number of sulfonamides is 1. The Labute approximate surface area is 483 Å². The van der Waals surface area contributed by atoms with Crippen molar-refractivity contribution in [2.45, 2.75) is 89.4 Å². The maximum atomic E-state index is 14.1. The SMILES string of the molecule is CC1(C)CCC(CN2CCN(c3ccc(C(=O)NS(=O)(=O)c4ccc(NCc5cn(CCCCNc6cccc7c6CN(C6CCC(=O)NC6=O)C7=O)nn5)c([N+](=O)[O-])c4)c(Oc4cnc5[nH]ccc5c4)c3)CC2)=C(c2ccc(Cl)cc2)C1. The summed E-state index contributed by atoms with van der Waals surface area (Å²) in [5.41, 5.74) is 7.65. The second-order valence-corrected chi connectivity index (χ2v) is 24.2. The number of H-pyrrole nitrogens is 1. The molecule has 1 atom stereocenters. The highest BCUT2D eigenvalue weighted by atomic mass is 35.5. The Hall–Kier alpha value is -8.67. The number of imide groups is 1. The van der Waals surface area contributed by atoms with Gasteiger partial charge >= 0.3 is 0 Å². The zero-order chi connectivity index (χ0) is 58.0. The molecule has 6 heterocycles. The summed E-state index contributed by atoms with van der Waals surface area (Å²) in [6.07, 6.45) is 9.99. The number of benzene rings is 4. The van der Waals surface area contributed by atoms with Crippen molar-refractivity contribution in [1.82, 2.24) is 44.8 Å². The monoisotopic (exact) mass is 1160 g/mol. The number of hydrogen-bond donors (Lipinski definition) is 5. The number of fused-ring (bicyclic) bond motifs is 2. The topological polar surface area (TPSA) is 272 Å². The van der Waals surface area contributed by atoms with E-state index in [1.54, 1.807) is 47.4 Å². The van der Waals surface area contributed by atoms with Gasteiger partial charge in [0.1, 0.15) is 34.6 Å². The Morgan fingerprint density at radius 3 is 2.55 bits per heavy atom. The van der Waals surface area contributed by atoms with Gasteiger partial charge in [0.05, 0.1) is 34.3 Å². The molecule has 83 heavy (non-hydrogen) atoms. The first-order valence-corrected chi connectivity index (χ1v) is 29.5. The van der Waals surface area contributed by atoms with Gasteiger partial charge in [-0.05, 0) is 116 Å². The number of allylic oxidation sites excluding steroid dienone is 1. The molecule has 4 amide bonds. The molecule has 0 spiro atoms. The summed E-state index contributed by atoms with van der Waals surface area (Å²) in [4.78, 5) is 76.4. The van der Waals surface area contributed by atoms with Gasteiger partial charge in [-0.3, -0.25) is 44.2 Å². The van der Waals surface area contributed by atoms with Gasteiger partial charge in [0.25, 0.3) is 27.5 Å². The first-order valence-electron chi connectivity index (χ1n) is 27.6. The lowest BCUT2D eigenvalue weighted by Gasteiger charge is -2.39. The predicted molar refractivity (Wildman–Crippen MR) is 313 cm³/mol. The van der Waals surface area contributed by atoms with Crippen LogP contribution in [0.3, 0.4) is 0 Å². The largest absolute Gasteiger partial charge is 0.455 e. The molecule has 430 valence electrons. The lowest BCUT2D eigenvalue weighted by molar-refractivity contribution is -0.384. The van der Waals surface area contributed by atoms with Gasteiger partial charge in [0.2, 0.25) is 11.8 Å². The molecule has 0 saturated carbocycles. The number of carbonyl (C=O) groups excluding carboxylic acids is 4. The third kappa shape index (κ3) is 12.7. The number of nitro benzene ring substituents is 1. The van der Waals surface area contributed by atoms with Gasteiger partial charge in [-0.15, -0.1) is 5.10 Å². The number of halogens is 1. The maximum absolute atomic E-state index is 14.1. The van der Waals surface area contributed by atoms with E-state index >= 15 is 0 Å². The number of amides is 4. The molecule has 2 saturated heterocycles. The summed E-state index contributed by atoms with van der Waals surface area (Å²) in [5, 5.41) is 31.0. The molecule has 7 aromatic rings. The van der Waals surface area contributed by atoms with Crippen molar-refractivity contribution in [3.8, 4) is 11.5 Å². The molecular weight excluding hydrogens is 1100 g/mol. The van der Waals surface area contributed by atoms with Crippen molar-refractivity contribution in [3.63, 3.8) is 0 Å². The highest BCUT2D eigenvalue weighted by molar-refractivity contribution is 7.90. The number of hydrogen-bond acceptors (Lipinski definition) is 16. The molecule has 2 fully saturated rings. The third-order valence-electron chi connectivity index (χ3n) is 15.8. The van der Waals surface area contributed by atoms with Gasteiger partial charge in [0.15, 0.2) is 0 Å². The smallest absolute Gasteiger partial charge is 0.293 e. The fraction of sp³-hybridized carbons (Fsp3) is 0.339. The van der Waals surface area contributed by atoms with Crippen molar-refractivity contribution in [2.24, 2.45) is 5.41 Å². The maximum Gasteiger partial charge on any atom is 0.293 e. The lowest BCUT2D eigenvalue weighted by atomic mass is 9.72. The quantitative estimate of drug-likeness (QED) is 0.0207. The summed E-state index contributed by atoms with van der Waals surface area (Å²) in [5.74, 6) is -1.64. The number of piperazine rings is 1. The summed E-state index contributed by atoms with van der Waals surface area (Å²) in [6.45, 7) is 9.86. The molecule has 4 aromatic carbocycles. The zero-order valence-electron chi connectivity index (χ0n) is 45.8. The second-order valence-electron chi connectivity index (χ2n) is 22.1. The Kier molecular flexibility index (Phi) is 16.0. The summed E-state index contributed by atoms with van der Waals surface area (Å²) in [6, 6.07) is 24.8. The molecule has 4 aliphatic rings. The first-order chi connectivity index (χ1) is 39.9. The van der Waals surface area contributed by atoms with E-state index in [0.717, 1.165) is 73.7 Å². The van der Waals surface area contributed by atoms with Crippen LogP contribution in [0, 0.1) is 15.5 Å². The van der Waals surface area contributed by atoms with Gasteiger partial charge < -0.3 is 30.2 Å². The van der Waals surface area contributed by atoms with Crippen LogP contribution in [0.1, 0.15) is 96.3 Å². The third-order valence-corrected chi connectivity index (χ3v) is 17.4. The van der Waals surface area contributed by atoms with Crippen molar-refractivity contribution < 1.29 is 37.3 Å².